The molecule has 0 aliphatic carbocycles. The van der Waals surface area contributed by atoms with Gasteiger partial charge in [-0.15, -0.1) is 0 Å². The predicted molar refractivity (Wildman–Crippen MR) is 77.6 cm³/mol. The Balaban J connectivity index is 2.22. The van der Waals surface area contributed by atoms with Gasteiger partial charge in [-0.1, -0.05) is 18.3 Å². The van der Waals surface area contributed by atoms with Gasteiger partial charge in [-0.05, 0) is 31.9 Å². The third-order valence-electron chi connectivity index (χ3n) is 3.98. The normalized spacial score (nSPS) is 23.3. The summed E-state index contributed by atoms with van der Waals surface area (Å²) in [5.74, 6) is 1.00. The van der Waals surface area contributed by atoms with Crippen LogP contribution in [-0.2, 0) is 11.8 Å². The molecule has 0 saturated heterocycles. The average Bonchev–Trinajstić information content (AvgIpc) is 2.80. The Kier molecular flexibility index (Phi) is 2.44. The summed E-state index contributed by atoms with van der Waals surface area (Å²) in [7, 11) is 0. The molecule has 0 bridgehead atoms. The number of rotatable bonds is 1. The van der Waals surface area contributed by atoms with Gasteiger partial charge < -0.3 is 15.8 Å². The average molecular weight is 262 g/mol. The number of benzene rings is 1. The highest BCUT2D eigenvalue weighted by Crippen LogP contribution is 2.49. The van der Waals surface area contributed by atoms with Crippen molar-refractivity contribution in [3.63, 3.8) is 0 Å². The van der Waals surface area contributed by atoms with Crippen LogP contribution in [0.5, 0.6) is 5.75 Å². The Morgan fingerprint density at radius 1 is 1.56 bits per heavy atom. The molecule has 2 heterocycles. The van der Waals surface area contributed by atoms with E-state index in [0.29, 0.717) is 6.54 Å². The van der Waals surface area contributed by atoms with E-state index >= 15 is 0 Å². The van der Waals surface area contributed by atoms with Crippen LogP contribution in [0.4, 0.5) is 5.69 Å². The molecule has 0 fully saturated rings. The van der Waals surface area contributed by atoms with Crippen LogP contribution in [0.15, 0.2) is 6.07 Å². The summed E-state index contributed by atoms with van der Waals surface area (Å²) in [4.78, 5) is 0.869. The van der Waals surface area contributed by atoms with Gasteiger partial charge in [-0.25, -0.2) is 0 Å². The van der Waals surface area contributed by atoms with Crippen LogP contribution >= 0.6 is 12.2 Å². The van der Waals surface area contributed by atoms with E-state index in [1.165, 1.54) is 16.7 Å². The van der Waals surface area contributed by atoms with E-state index < -0.39 is 0 Å². The first-order valence-electron chi connectivity index (χ1n) is 6.30. The smallest absolute Gasteiger partial charge is 0.129 e. The van der Waals surface area contributed by atoms with E-state index in [0.717, 1.165) is 22.8 Å². The zero-order valence-corrected chi connectivity index (χ0v) is 11.8. The molecule has 0 amide bonds. The van der Waals surface area contributed by atoms with E-state index in [2.05, 4.69) is 32.2 Å². The molecular formula is C14H18N2OS. The first-order valence-corrected chi connectivity index (χ1v) is 6.71. The molecule has 0 spiro atoms. The molecule has 0 saturated carbocycles. The molecule has 96 valence electrons. The molecule has 0 radical (unpaired) electrons. The lowest BCUT2D eigenvalue weighted by Crippen LogP contribution is -2.27. The molecule has 4 heteroatoms. The number of fused-ring (bicyclic) bond motifs is 3. The molecule has 1 aromatic rings. The number of hydrogen-bond acceptors (Lipinski definition) is 3. The van der Waals surface area contributed by atoms with Crippen LogP contribution in [0.25, 0.3) is 0 Å². The van der Waals surface area contributed by atoms with Crippen LogP contribution in [0.1, 0.15) is 30.5 Å². The zero-order valence-electron chi connectivity index (χ0n) is 11.0. The summed E-state index contributed by atoms with van der Waals surface area (Å²) in [6.07, 6.45) is 1.01. The molecular weight excluding hydrogens is 244 g/mol. The number of hydrogen-bond donors (Lipinski definition) is 2. The van der Waals surface area contributed by atoms with Crippen molar-refractivity contribution in [1.29, 1.82) is 0 Å². The summed E-state index contributed by atoms with van der Waals surface area (Å²) in [5, 5.41) is 3.34. The van der Waals surface area contributed by atoms with Gasteiger partial charge in [-0.2, -0.15) is 0 Å². The van der Waals surface area contributed by atoms with E-state index in [1.807, 2.05) is 0 Å². The predicted octanol–water partition coefficient (Wildman–Crippen LogP) is 2.29. The fourth-order valence-corrected chi connectivity index (χ4v) is 3.09. The lowest BCUT2D eigenvalue weighted by molar-refractivity contribution is 0.238. The molecule has 0 aromatic heterocycles. The maximum absolute atomic E-state index is 6.01. The van der Waals surface area contributed by atoms with Crippen molar-refractivity contribution in [3.05, 3.63) is 22.8 Å². The van der Waals surface area contributed by atoms with Crippen LogP contribution in [0.2, 0.25) is 0 Å². The Hall–Kier alpha value is -1.13. The first kappa shape index (κ1) is 11.9. The molecule has 3 rings (SSSR count). The van der Waals surface area contributed by atoms with E-state index in [4.69, 9.17) is 22.7 Å². The molecule has 3 nitrogen and oxygen atoms in total. The van der Waals surface area contributed by atoms with Crippen molar-refractivity contribution >= 4 is 22.9 Å². The second kappa shape index (κ2) is 3.68. The second-order valence-corrected chi connectivity index (χ2v) is 6.10. The largest absolute Gasteiger partial charge is 0.488 e. The van der Waals surface area contributed by atoms with Crippen LogP contribution in [-0.4, -0.2) is 17.6 Å². The van der Waals surface area contributed by atoms with Gasteiger partial charge in [0.25, 0.3) is 0 Å². The monoisotopic (exact) mass is 262 g/mol. The van der Waals surface area contributed by atoms with Crippen molar-refractivity contribution in [1.82, 2.24) is 0 Å². The number of aryl methyl sites for hydroxylation is 1. The van der Waals surface area contributed by atoms with E-state index in [1.54, 1.807) is 0 Å². The first-order chi connectivity index (χ1) is 8.45. The summed E-state index contributed by atoms with van der Waals surface area (Å²) < 4.78 is 6.01. The number of anilines is 1. The van der Waals surface area contributed by atoms with Gasteiger partial charge >= 0.3 is 0 Å². The van der Waals surface area contributed by atoms with E-state index in [9.17, 15) is 0 Å². The third-order valence-corrected chi connectivity index (χ3v) is 4.59. The van der Waals surface area contributed by atoms with Gasteiger partial charge in [0.2, 0.25) is 0 Å². The summed E-state index contributed by atoms with van der Waals surface area (Å²) >= 11 is 5.46. The van der Waals surface area contributed by atoms with Gasteiger partial charge in [0.1, 0.15) is 11.9 Å². The quantitative estimate of drug-likeness (QED) is 0.762. The zero-order chi connectivity index (χ0) is 13.1. The van der Waals surface area contributed by atoms with Gasteiger partial charge in [0.05, 0.1) is 4.99 Å². The number of nitrogens with two attached hydrogens (primary N) is 1. The minimum absolute atomic E-state index is 0.107. The Morgan fingerprint density at radius 2 is 2.28 bits per heavy atom. The summed E-state index contributed by atoms with van der Waals surface area (Å²) in [5.41, 5.74) is 10.4. The summed E-state index contributed by atoms with van der Waals surface area (Å²) in [6, 6.07) is 2.20. The summed E-state index contributed by atoms with van der Waals surface area (Å²) in [6.45, 7) is 6.97. The fraction of sp³-hybridized carbons (Fsp3) is 0.500. The van der Waals surface area contributed by atoms with Crippen molar-refractivity contribution in [2.45, 2.75) is 38.7 Å². The Morgan fingerprint density at radius 3 is 2.94 bits per heavy atom. The lowest BCUT2D eigenvalue weighted by Gasteiger charge is -2.21. The Labute approximate surface area is 113 Å². The van der Waals surface area contributed by atoms with Crippen molar-refractivity contribution in [3.8, 4) is 5.75 Å². The van der Waals surface area contributed by atoms with Crippen LogP contribution in [0.3, 0.4) is 0 Å². The van der Waals surface area contributed by atoms with Crippen molar-refractivity contribution in [2.75, 3.05) is 11.9 Å². The van der Waals surface area contributed by atoms with Gasteiger partial charge in [0, 0.05) is 29.6 Å². The highest BCUT2D eigenvalue weighted by molar-refractivity contribution is 7.80. The van der Waals surface area contributed by atoms with E-state index in [-0.39, 0.29) is 11.5 Å². The topological polar surface area (TPSA) is 47.3 Å². The molecule has 18 heavy (non-hydrogen) atoms. The molecule has 1 unspecified atom stereocenters. The van der Waals surface area contributed by atoms with Gasteiger partial charge in [-0.3, -0.25) is 0 Å². The SMILES string of the molecule is Cc1cc2c(c3c1NC(=S)C3(C)C)OC(CN)C2. The van der Waals surface area contributed by atoms with Crippen molar-refractivity contribution < 1.29 is 4.74 Å². The molecule has 3 N–H and O–H groups in total. The number of ether oxygens (including phenoxy) is 1. The third kappa shape index (κ3) is 1.42. The Bertz CT molecular complexity index is 551. The van der Waals surface area contributed by atoms with Crippen LogP contribution < -0.4 is 15.8 Å². The number of thiocarbonyl (C=S) groups is 1. The highest BCUT2D eigenvalue weighted by Gasteiger charge is 2.42. The second-order valence-electron chi connectivity index (χ2n) is 5.69. The molecule has 2 aliphatic heterocycles. The minimum atomic E-state index is -0.162. The minimum Gasteiger partial charge on any atom is -0.488 e. The van der Waals surface area contributed by atoms with Gasteiger partial charge in [0.15, 0.2) is 0 Å². The molecule has 2 aliphatic rings. The standard InChI is InChI=1S/C14H18N2OS/c1-7-4-8-5-9(6-15)17-12(8)10-11(7)16-13(18)14(10,2)3/h4,9H,5-6,15H2,1-3H3,(H,16,18). The van der Waals surface area contributed by atoms with Crippen molar-refractivity contribution in [2.24, 2.45) is 5.73 Å². The molecule has 1 aromatic carbocycles. The highest BCUT2D eigenvalue weighted by atomic mass is 32.1. The fourth-order valence-electron chi connectivity index (χ4n) is 2.88. The lowest BCUT2D eigenvalue weighted by atomic mass is 9.84. The molecule has 1 atom stereocenters. The maximum atomic E-state index is 6.01. The number of nitrogens with one attached hydrogen (secondary N) is 1. The maximum Gasteiger partial charge on any atom is 0.129 e. The van der Waals surface area contributed by atoms with Crippen LogP contribution in [0, 0.1) is 6.92 Å².